The minimum atomic E-state index is -0.00418. The average Bonchev–Trinajstić information content (AvgIpc) is 2.43. The maximum Gasteiger partial charge on any atom is 0.0753 e. The van der Waals surface area contributed by atoms with Gasteiger partial charge in [0.1, 0.15) is 0 Å². The Kier molecular flexibility index (Phi) is 5.80. The lowest BCUT2D eigenvalue weighted by Crippen LogP contribution is -2.48. The molecule has 118 valence electrons. The van der Waals surface area contributed by atoms with Crippen molar-refractivity contribution in [2.45, 2.75) is 45.8 Å². The molecule has 1 unspecified atom stereocenters. The van der Waals surface area contributed by atoms with Crippen LogP contribution in [-0.4, -0.2) is 43.3 Å². The summed E-state index contributed by atoms with van der Waals surface area (Å²) in [5, 5.41) is 3.62. The topological polar surface area (TPSA) is 24.5 Å². The van der Waals surface area contributed by atoms with Gasteiger partial charge in [-0.1, -0.05) is 36.8 Å². The van der Waals surface area contributed by atoms with Gasteiger partial charge in [0, 0.05) is 25.7 Å². The molecule has 0 saturated carbocycles. The van der Waals surface area contributed by atoms with Crippen LogP contribution < -0.4 is 5.32 Å². The number of ether oxygens (including phenoxy) is 1. The number of nitrogens with one attached hydrogen (secondary N) is 1. The van der Waals surface area contributed by atoms with Gasteiger partial charge in [-0.15, -0.1) is 0 Å². The van der Waals surface area contributed by atoms with Gasteiger partial charge in [0.2, 0.25) is 0 Å². The second-order valence-corrected chi connectivity index (χ2v) is 6.69. The summed E-state index contributed by atoms with van der Waals surface area (Å²) in [6, 6.07) is 9.37. The molecule has 2 rings (SSSR count). The molecule has 1 atom stereocenters. The molecule has 1 saturated heterocycles. The minimum Gasteiger partial charge on any atom is -0.373 e. The first-order chi connectivity index (χ1) is 10.00. The van der Waals surface area contributed by atoms with Gasteiger partial charge in [-0.25, -0.2) is 0 Å². The number of rotatable bonds is 6. The van der Waals surface area contributed by atoms with Crippen molar-refractivity contribution < 1.29 is 4.74 Å². The van der Waals surface area contributed by atoms with Crippen LogP contribution in [0.4, 0.5) is 0 Å². The standard InChI is InChI=1S/C18H30N2O/c1-5-19-17(16-8-6-15(2)7-9-16)10-11-20-12-13-21-18(3,4)14-20/h6-9,17,19H,5,10-14H2,1-4H3. The van der Waals surface area contributed by atoms with Crippen molar-refractivity contribution in [2.24, 2.45) is 0 Å². The van der Waals surface area contributed by atoms with E-state index in [1.165, 1.54) is 11.1 Å². The highest BCUT2D eigenvalue weighted by molar-refractivity contribution is 5.24. The Bertz CT molecular complexity index is 427. The van der Waals surface area contributed by atoms with E-state index in [4.69, 9.17) is 4.74 Å². The highest BCUT2D eigenvalue weighted by Gasteiger charge is 2.27. The molecule has 1 aromatic carbocycles. The quantitative estimate of drug-likeness (QED) is 0.871. The van der Waals surface area contributed by atoms with E-state index in [1.54, 1.807) is 0 Å². The lowest BCUT2D eigenvalue weighted by atomic mass is 10.0. The summed E-state index contributed by atoms with van der Waals surface area (Å²) in [7, 11) is 0. The zero-order valence-electron chi connectivity index (χ0n) is 14.0. The van der Waals surface area contributed by atoms with Crippen molar-refractivity contribution in [2.75, 3.05) is 32.8 Å². The Hall–Kier alpha value is -0.900. The molecule has 3 heteroatoms. The second kappa shape index (κ2) is 7.39. The molecule has 1 fully saturated rings. The van der Waals surface area contributed by atoms with Crippen LogP contribution in [0.3, 0.4) is 0 Å². The van der Waals surface area contributed by atoms with E-state index in [0.29, 0.717) is 6.04 Å². The summed E-state index contributed by atoms with van der Waals surface area (Å²) in [6.45, 7) is 13.7. The van der Waals surface area contributed by atoms with Gasteiger partial charge in [-0.3, -0.25) is 4.90 Å². The number of hydrogen-bond donors (Lipinski definition) is 1. The molecule has 0 aromatic heterocycles. The van der Waals surface area contributed by atoms with Crippen LogP contribution in [0, 0.1) is 6.92 Å². The van der Waals surface area contributed by atoms with Crippen LogP contribution in [0.1, 0.15) is 44.4 Å². The van der Waals surface area contributed by atoms with Crippen LogP contribution in [0.15, 0.2) is 24.3 Å². The predicted molar refractivity (Wildman–Crippen MR) is 88.7 cm³/mol. The monoisotopic (exact) mass is 290 g/mol. The molecule has 1 aromatic rings. The molecule has 0 spiro atoms. The summed E-state index contributed by atoms with van der Waals surface area (Å²) in [6.07, 6.45) is 1.15. The van der Waals surface area contributed by atoms with E-state index >= 15 is 0 Å². The highest BCUT2D eigenvalue weighted by atomic mass is 16.5. The Morgan fingerprint density at radius 3 is 2.62 bits per heavy atom. The molecule has 1 aliphatic heterocycles. The van der Waals surface area contributed by atoms with Gasteiger partial charge in [-0.05, 0) is 39.3 Å². The van der Waals surface area contributed by atoms with Gasteiger partial charge >= 0.3 is 0 Å². The highest BCUT2D eigenvalue weighted by Crippen LogP contribution is 2.21. The summed E-state index contributed by atoms with van der Waals surface area (Å²) in [5.41, 5.74) is 2.72. The van der Waals surface area contributed by atoms with E-state index in [0.717, 1.165) is 39.2 Å². The number of benzene rings is 1. The fourth-order valence-electron chi connectivity index (χ4n) is 3.05. The molecule has 1 N–H and O–H groups in total. The first-order valence-electron chi connectivity index (χ1n) is 8.16. The first-order valence-corrected chi connectivity index (χ1v) is 8.16. The fraction of sp³-hybridized carbons (Fsp3) is 0.667. The van der Waals surface area contributed by atoms with Crippen LogP contribution in [0.25, 0.3) is 0 Å². The smallest absolute Gasteiger partial charge is 0.0753 e. The van der Waals surface area contributed by atoms with E-state index in [2.05, 4.69) is 62.2 Å². The summed E-state index contributed by atoms with van der Waals surface area (Å²) in [5.74, 6) is 0. The van der Waals surface area contributed by atoms with Crippen LogP contribution in [0.2, 0.25) is 0 Å². The molecule has 3 nitrogen and oxygen atoms in total. The third-order valence-electron chi connectivity index (χ3n) is 4.17. The molecule has 1 aliphatic rings. The van der Waals surface area contributed by atoms with Crippen LogP contribution >= 0.6 is 0 Å². The minimum absolute atomic E-state index is 0.00418. The van der Waals surface area contributed by atoms with Crippen molar-refractivity contribution in [1.29, 1.82) is 0 Å². The lowest BCUT2D eigenvalue weighted by Gasteiger charge is -2.38. The molecule has 0 radical (unpaired) electrons. The Labute approximate surface area is 129 Å². The number of morpholine rings is 1. The van der Waals surface area contributed by atoms with Gasteiger partial charge in [0.15, 0.2) is 0 Å². The maximum absolute atomic E-state index is 5.79. The van der Waals surface area contributed by atoms with Crippen molar-refractivity contribution in [3.63, 3.8) is 0 Å². The van der Waals surface area contributed by atoms with Crippen molar-refractivity contribution >= 4 is 0 Å². The maximum atomic E-state index is 5.79. The molecular weight excluding hydrogens is 260 g/mol. The van der Waals surface area contributed by atoms with Crippen LogP contribution in [0.5, 0.6) is 0 Å². The zero-order chi connectivity index (χ0) is 15.3. The Morgan fingerprint density at radius 2 is 2.00 bits per heavy atom. The predicted octanol–water partition coefficient (Wildman–Crippen LogP) is 3.15. The van der Waals surface area contributed by atoms with Crippen molar-refractivity contribution in [3.8, 4) is 0 Å². The first kappa shape index (κ1) is 16.5. The van der Waals surface area contributed by atoms with Gasteiger partial charge in [0.05, 0.1) is 12.2 Å². The Balaban J connectivity index is 1.92. The fourth-order valence-corrected chi connectivity index (χ4v) is 3.05. The number of aryl methyl sites for hydroxylation is 1. The average molecular weight is 290 g/mol. The summed E-state index contributed by atoms with van der Waals surface area (Å²) < 4.78 is 5.79. The SMILES string of the molecule is CCNC(CCN1CCOC(C)(C)C1)c1ccc(C)cc1. The van der Waals surface area contributed by atoms with Crippen LogP contribution in [-0.2, 0) is 4.74 Å². The van der Waals surface area contributed by atoms with Crippen molar-refractivity contribution in [3.05, 3.63) is 35.4 Å². The third kappa shape index (κ3) is 5.10. The molecule has 0 bridgehead atoms. The second-order valence-electron chi connectivity index (χ2n) is 6.69. The Morgan fingerprint density at radius 1 is 1.29 bits per heavy atom. The van der Waals surface area contributed by atoms with E-state index in [-0.39, 0.29) is 5.60 Å². The van der Waals surface area contributed by atoms with E-state index < -0.39 is 0 Å². The number of hydrogen-bond acceptors (Lipinski definition) is 3. The van der Waals surface area contributed by atoms with E-state index in [9.17, 15) is 0 Å². The van der Waals surface area contributed by atoms with E-state index in [1.807, 2.05) is 0 Å². The molecule has 21 heavy (non-hydrogen) atoms. The molecule has 0 amide bonds. The number of nitrogens with zero attached hydrogens (tertiary/aromatic N) is 1. The normalized spacial score (nSPS) is 20.4. The third-order valence-corrected chi connectivity index (χ3v) is 4.17. The molecular formula is C18H30N2O. The summed E-state index contributed by atoms with van der Waals surface area (Å²) >= 11 is 0. The molecule has 1 heterocycles. The lowest BCUT2D eigenvalue weighted by molar-refractivity contribution is -0.0864. The van der Waals surface area contributed by atoms with Crippen molar-refractivity contribution in [1.82, 2.24) is 10.2 Å². The summed E-state index contributed by atoms with van der Waals surface area (Å²) in [4.78, 5) is 2.53. The zero-order valence-corrected chi connectivity index (χ0v) is 14.0. The molecule has 0 aliphatic carbocycles. The largest absolute Gasteiger partial charge is 0.373 e. The van der Waals surface area contributed by atoms with Gasteiger partial charge < -0.3 is 10.1 Å². The van der Waals surface area contributed by atoms with Gasteiger partial charge in [0.25, 0.3) is 0 Å². The van der Waals surface area contributed by atoms with Gasteiger partial charge in [-0.2, -0.15) is 0 Å².